The summed E-state index contributed by atoms with van der Waals surface area (Å²) in [5.74, 6) is 0.115. The van der Waals surface area contributed by atoms with Crippen molar-refractivity contribution in [3.8, 4) is 0 Å². The molecule has 194 valence electrons. The second-order valence-corrected chi connectivity index (χ2v) is 9.60. The molecule has 0 aromatic heterocycles. The fourth-order valence-corrected chi connectivity index (χ4v) is 4.64. The molecule has 0 unspecified atom stereocenters. The number of rotatable bonds is 10. The molecule has 6 nitrogen and oxygen atoms in total. The molecule has 0 radical (unpaired) electrons. The summed E-state index contributed by atoms with van der Waals surface area (Å²) >= 11 is 0. The second-order valence-electron chi connectivity index (χ2n) is 9.60. The van der Waals surface area contributed by atoms with E-state index in [4.69, 9.17) is 0 Å². The minimum Gasteiger partial charge on any atom is -0.340 e. The van der Waals surface area contributed by atoms with Gasteiger partial charge >= 0.3 is 6.03 Å². The Balaban J connectivity index is 1.30. The van der Waals surface area contributed by atoms with Crippen LogP contribution in [0.3, 0.4) is 0 Å². The smallest absolute Gasteiger partial charge is 0.321 e. The number of nitrogens with zero attached hydrogens (tertiary/aromatic N) is 3. The number of anilines is 1. The number of carbonyl (C=O) groups excluding carboxylic acids is 2. The predicted molar refractivity (Wildman–Crippen MR) is 149 cm³/mol. The Morgan fingerprint density at radius 3 is 2.00 bits per heavy atom. The van der Waals surface area contributed by atoms with Crippen LogP contribution in [0.5, 0.6) is 0 Å². The molecule has 3 amide bonds. The first-order valence-corrected chi connectivity index (χ1v) is 13.3. The molecule has 4 rings (SSSR count). The third-order valence-corrected chi connectivity index (χ3v) is 6.98. The van der Waals surface area contributed by atoms with E-state index in [1.165, 1.54) is 16.7 Å². The Labute approximate surface area is 220 Å². The molecule has 1 aliphatic heterocycles. The number of aryl methyl sites for hydroxylation is 1. The lowest BCUT2D eigenvalue weighted by atomic mass is 10.1. The molecule has 1 fully saturated rings. The van der Waals surface area contributed by atoms with Crippen LogP contribution < -0.4 is 5.32 Å². The number of nitrogens with one attached hydrogen (secondary N) is 1. The predicted octanol–water partition coefficient (Wildman–Crippen LogP) is 5.06. The van der Waals surface area contributed by atoms with Crippen LogP contribution in [0, 0.1) is 0 Å². The average Bonchev–Trinajstić information content (AvgIpc) is 2.95. The van der Waals surface area contributed by atoms with Crippen LogP contribution in [0.2, 0.25) is 0 Å². The first-order valence-electron chi connectivity index (χ1n) is 13.3. The molecule has 1 aliphatic rings. The van der Waals surface area contributed by atoms with E-state index in [9.17, 15) is 9.59 Å². The largest absolute Gasteiger partial charge is 0.340 e. The summed E-state index contributed by atoms with van der Waals surface area (Å²) in [5.41, 5.74) is 4.47. The third kappa shape index (κ3) is 8.19. The van der Waals surface area contributed by atoms with E-state index in [1.54, 1.807) is 4.90 Å². The van der Waals surface area contributed by atoms with Crippen molar-refractivity contribution >= 4 is 17.6 Å². The van der Waals surface area contributed by atoms with Gasteiger partial charge in [0.1, 0.15) is 0 Å². The molecule has 3 aromatic carbocycles. The summed E-state index contributed by atoms with van der Waals surface area (Å²) < 4.78 is 0. The summed E-state index contributed by atoms with van der Waals surface area (Å²) in [5, 5.41) is 3.02. The van der Waals surface area contributed by atoms with E-state index < -0.39 is 0 Å². The summed E-state index contributed by atoms with van der Waals surface area (Å²) in [6, 6.07) is 28.4. The average molecular weight is 499 g/mol. The highest BCUT2D eigenvalue weighted by molar-refractivity contribution is 5.89. The first kappa shape index (κ1) is 26.4. The fourth-order valence-electron chi connectivity index (χ4n) is 4.64. The Bertz CT molecular complexity index is 1110. The van der Waals surface area contributed by atoms with Gasteiger partial charge in [-0.15, -0.1) is 0 Å². The number of urea groups is 1. The van der Waals surface area contributed by atoms with Gasteiger partial charge in [0, 0.05) is 57.9 Å². The van der Waals surface area contributed by atoms with Crippen molar-refractivity contribution in [3.05, 3.63) is 102 Å². The van der Waals surface area contributed by atoms with Crippen molar-refractivity contribution in [2.45, 2.75) is 32.7 Å². The van der Waals surface area contributed by atoms with E-state index in [0.29, 0.717) is 19.5 Å². The van der Waals surface area contributed by atoms with Gasteiger partial charge in [0.2, 0.25) is 5.91 Å². The summed E-state index contributed by atoms with van der Waals surface area (Å²) in [6.07, 6.45) is 2.03. The van der Waals surface area contributed by atoms with Crippen molar-refractivity contribution < 1.29 is 9.59 Å². The van der Waals surface area contributed by atoms with Gasteiger partial charge in [-0.3, -0.25) is 9.69 Å². The van der Waals surface area contributed by atoms with E-state index in [-0.39, 0.29) is 11.9 Å². The zero-order valence-electron chi connectivity index (χ0n) is 21.8. The number of carbonyl (C=O) groups is 2. The van der Waals surface area contributed by atoms with Gasteiger partial charge in [0.25, 0.3) is 0 Å². The van der Waals surface area contributed by atoms with Gasteiger partial charge in [0.15, 0.2) is 0 Å². The number of hydrogen-bond acceptors (Lipinski definition) is 3. The molecular formula is C31H38N4O2. The highest BCUT2D eigenvalue weighted by Gasteiger charge is 2.23. The molecule has 0 bridgehead atoms. The zero-order valence-corrected chi connectivity index (χ0v) is 21.8. The van der Waals surface area contributed by atoms with Gasteiger partial charge in [0.05, 0.1) is 0 Å². The van der Waals surface area contributed by atoms with Gasteiger partial charge in [-0.05, 0) is 41.7 Å². The third-order valence-electron chi connectivity index (χ3n) is 6.98. The number of hydrogen-bond donors (Lipinski definition) is 1. The normalized spacial score (nSPS) is 13.8. The van der Waals surface area contributed by atoms with Crippen LogP contribution in [0.15, 0.2) is 84.9 Å². The lowest BCUT2D eigenvalue weighted by molar-refractivity contribution is -0.133. The standard InChI is InChI=1S/C31H38N4O2/c1-2-26-13-15-29(16-14-26)32-31(37)35(19-17-27-9-5-3-6-10-27)20-18-30(36)34-23-21-33(22-24-34)25-28-11-7-4-8-12-28/h3-16H,2,17-25H2,1H3,(H,32,37). The summed E-state index contributed by atoms with van der Waals surface area (Å²) in [4.78, 5) is 32.3. The van der Waals surface area contributed by atoms with Crippen LogP contribution >= 0.6 is 0 Å². The molecule has 0 saturated carbocycles. The SMILES string of the molecule is CCc1ccc(NC(=O)N(CCC(=O)N2CCN(Cc3ccccc3)CC2)CCc2ccccc2)cc1. The van der Waals surface area contributed by atoms with E-state index in [2.05, 4.69) is 53.5 Å². The Morgan fingerprint density at radius 1 is 0.757 bits per heavy atom. The zero-order chi connectivity index (χ0) is 25.9. The molecule has 1 heterocycles. The Kier molecular flexibility index (Phi) is 9.72. The molecule has 0 atom stereocenters. The molecule has 6 heteroatoms. The quantitative estimate of drug-likeness (QED) is 0.425. The van der Waals surface area contributed by atoms with E-state index in [0.717, 1.165) is 51.3 Å². The maximum atomic E-state index is 13.2. The minimum absolute atomic E-state index is 0.115. The highest BCUT2D eigenvalue weighted by atomic mass is 16.2. The maximum Gasteiger partial charge on any atom is 0.321 e. The lowest BCUT2D eigenvalue weighted by Gasteiger charge is -2.35. The number of benzene rings is 3. The van der Waals surface area contributed by atoms with Gasteiger partial charge in [-0.2, -0.15) is 0 Å². The van der Waals surface area contributed by atoms with Crippen molar-refractivity contribution in [1.29, 1.82) is 0 Å². The molecule has 1 saturated heterocycles. The van der Waals surface area contributed by atoms with Crippen molar-refractivity contribution in [3.63, 3.8) is 0 Å². The van der Waals surface area contributed by atoms with Crippen LogP contribution in [0.4, 0.5) is 10.5 Å². The maximum absolute atomic E-state index is 13.2. The lowest BCUT2D eigenvalue weighted by Crippen LogP contribution is -2.49. The van der Waals surface area contributed by atoms with E-state index >= 15 is 0 Å². The van der Waals surface area contributed by atoms with Crippen molar-refractivity contribution in [1.82, 2.24) is 14.7 Å². The Morgan fingerprint density at radius 2 is 1.38 bits per heavy atom. The summed E-state index contributed by atoms with van der Waals surface area (Å²) in [7, 11) is 0. The van der Waals surface area contributed by atoms with Crippen LogP contribution in [0.1, 0.15) is 30.0 Å². The van der Waals surface area contributed by atoms with Crippen molar-refractivity contribution in [2.75, 3.05) is 44.6 Å². The van der Waals surface area contributed by atoms with Gasteiger partial charge in [-0.1, -0.05) is 79.7 Å². The topological polar surface area (TPSA) is 55.9 Å². The van der Waals surface area contributed by atoms with Crippen molar-refractivity contribution in [2.24, 2.45) is 0 Å². The minimum atomic E-state index is -0.166. The number of piperazine rings is 1. The molecular weight excluding hydrogens is 460 g/mol. The van der Waals surface area contributed by atoms with Gasteiger partial charge < -0.3 is 15.1 Å². The molecule has 37 heavy (non-hydrogen) atoms. The molecule has 0 spiro atoms. The second kappa shape index (κ2) is 13.6. The molecule has 0 aliphatic carbocycles. The van der Waals surface area contributed by atoms with Crippen LogP contribution in [0.25, 0.3) is 0 Å². The summed E-state index contributed by atoms with van der Waals surface area (Å²) in [6.45, 7) is 7.17. The Hall–Kier alpha value is -3.64. The van der Waals surface area contributed by atoms with E-state index in [1.807, 2.05) is 53.4 Å². The fraction of sp³-hybridized carbons (Fsp3) is 0.355. The molecule has 1 N–H and O–H groups in total. The van der Waals surface area contributed by atoms with Gasteiger partial charge in [-0.25, -0.2) is 4.79 Å². The first-order chi connectivity index (χ1) is 18.1. The molecule has 3 aromatic rings. The highest BCUT2D eigenvalue weighted by Crippen LogP contribution is 2.13. The monoisotopic (exact) mass is 498 g/mol. The van der Waals surface area contributed by atoms with Crippen LogP contribution in [-0.4, -0.2) is 65.9 Å². The number of amides is 3. The van der Waals surface area contributed by atoms with Crippen LogP contribution in [-0.2, 0) is 24.2 Å².